The molecule has 0 radical (unpaired) electrons. The molecule has 2 atom stereocenters. The first-order valence-electron chi connectivity index (χ1n) is 13.2. The predicted molar refractivity (Wildman–Crippen MR) is 138 cm³/mol. The number of unbranched alkanes of at least 4 members (excludes halogenated alkanes) is 13. The van der Waals surface area contributed by atoms with E-state index in [1.165, 1.54) is 94.4 Å². The van der Waals surface area contributed by atoms with E-state index in [1.807, 2.05) is 6.07 Å². The number of carbonyl (C=O) groups is 1. The Morgan fingerprint density at radius 1 is 0.750 bits per heavy atom. The van der Waals surface area contributed by atoms with Crippen molar-refractivity contribution >= 4 is 25.4 Å². The van der Waals surface area contributed by atoms with Crippen molar-refractivity contribution in [1.82, 2.24) is 0 Å². The van der Waals surface area contributed by atoms with Crippen molar-refractivity contribution in [2.45, 2.75) is 133 Å². The van der Waals surface area contributed by atoms with Crippen molar-refractivity contribution in [3.05, 3.63) is 30.3 Å². The average Bonchev–Trinajstić information content (AvgIpc) is 2.79. The van der Waals surface area contributed by atoms with E-state index in [0.717, 1.165) is 6.42 Å². The second-order valence-corrected chi connectivity index (χ2v) is 12.0. The number of rotatable bonds is 22. The molecule has 0 aliphatic rings. The van der Waals surface area contributed by atoms with E-state index in [9.17, 15) is 9.90 Å². The van der Waals surface area contributed by atoms with Crippen LogP contribution < -0.4 is 4.46 Å². The Labute approximate surface area is 203 Å². The van der Waals surface area contributed by atoms with E-state index in [4.69, 9.17) is 5.11 Å². The van der Waals surface area contributed by atoms with Crippen molar-refractivity contribution in [3.63, 3.8) is 0 Å². The molecular weight excluding hydrogens is 463 g/mol. The van der Waals surface area contributed by atoms with Crippen LogP contribution in [0, 0.1) is 0 Å². The molecular formula is C28H48O3Se. The maximum atomic E-state index is 10.8. The second-order valence-electron chi connectivity index (χ2n) is 9.21. The molecule has 4 heteroatoms. The maximum absolute atomic E-state index is 10.8. The Hall–Kier alpha value is -0.831. The zero-order valence-corrected chi connectivity index (χ0v) is 22.2. The fourth-order valence-corrected chi connectivity index (χ4v) is 6.80. The van der Waals surface area contributed by atoms with Gasteiger partial charge in [0, 0.05) is 0 Å². The van der Waals surface area contributed by atoms with Crippen LogP contribution in [0.15, 0.2) is 30.3 Å². The number of aliphatic hydroxyl groups is 1. The third-order valence-electron chi connectivity index (χ3n) is 6.19. The molecule has 184 valence electrons. The van der Waals surface area contributed by atoms with Gasteiger partial charge in [0.15, 0.2) is 0 Å². The van der Waals surface area contributed by atoms with Crippen LogP contribution in [0.4, 0.5) is 0 Å². The zero-order valence-electron chi connectivity index (χ0n) is 20.5. The number of aliphatic hydroxyl groups excluding tert-OH is 1. The van der Waals surface area contributed by atoms with E-state index in [2.05, 4.69) is 31.2 Å². The molecule has 0 fully saturated rings. The summed E-state index contributed by atoms with van der Waals surface area (Å²) in [6.07, 6.45) is 21.1. The first kappa shape index (κ1) is 29.2. The van der Waals surface area contributed by atoms with Gasteiger partial charge in [0.2, 0.25) is 0 Å². The van der Waals surface area contributed by atoms with E-state index in [-0.39, 0.29) is 32.3 Å². The number of hydrogen-bond acceptors (Lipinski definition) is 2. The zero-order chi connectivity index (χ0) is 23.3. The molecule has 1 aromatic carbocycles. The molecule has 0 bridgehead atoms. The fraction of sp³-hybridized carbons (Fsp3) is 0.750. The van der Waals surface area contributed by atoms with Crippen LogP contribution in [0.5, 0.6) is 0 Å². The molecule has 0 aromatic heterocycles. The first-order valence-corrected chi connectivity index (χ1v) is 15.1. The fourth-order valence-electron chi connectivity index (χ4n) is 4.19. The Kier molecular flexibility index (Phi) is 18.9. The third-order valence-corrected chi connectivity index (χ3v) is 9.12. The molecule has 1 aromatic rings. The number of hydrogen-bond donors (Lipinski definition) is 2. The molecule has 0 aliphatic heterocycles. The minimum absolute atomic E-state index is 0.154. The normalized spacial score (nSPS) is 13.2. The molecule has 0 amide bonds. The van der Waals surface area contributed by atoms with E-state index < -0.39 is 5.97 Å². The molecule has 0 aliphatic carbocycles. The summed E-state index contributed by atoms with van der Waals surface area (Å²) in [4.78, 5) is 11.1. The van der Waals surface area contributed by atoms with Gasteiger partial charge < -0.3 is 0 Å². The minimum atomic E-state index is -0.769. The summed E-state index contributed by atoms with van der Waals surface area (Å²) in [5.41, 5.74) is 0. The van der Waals surface area contributed by atoms with Gasteiger partial charge in [-0.2, -0.15) is 0 Å². The molecule has 0 heterocycles. The van der Waals surface area contributed by atoms with Crippen LogP contribution in [-0.4, -0.2) is 37.2 Å². The molecule has 2 N–H and O–H groups in total. The number of benzene rings is 1. The van der Waals surface area contributed by atoms with Crippen LogP contribution in [0.3, 0.4) is 0 Å². The van der Waals surface area contributed by atoms with Gasteiger partial charge in [-0.3, -0.25) is 0 Å². The van der Waals surface area contributed by atoms with Crippen LogP contribution in [-0.2, 0) is 4.79 Å². The second kappa shape index (κ2) is 20.8. The monoisotopic (exact) mass is 512 g/mol. The summed E-state index contributed by atoms with van der Waals surface area (Å²) in [6, 6.07) is 10.5. The number of aliphatic carboxylic acids is 1. The predicted octanol–water partition coefficient (Wildman–Crippen LogP) is 7.29. The van der Waals surface area contributed by atoms with Crippen molar-refractivity contribution < 1.29 is 15.0 Å². The summed E-state index contributed by atoms with van der Waals surface area (Å²) in [5.74, 6) is -0.769. The SMILES string of the molecule is CCCCCCCCCCCCCCCCC([Se]c1ccccc1)C(O)CCCC(=O)O. The molecule has 2 unspecified atom stereocenters. The molecule has 0 saturated heterocycles. The van der Waals surface area contributed by atoms with Crippen LogP contribution in [0.2, 0.25) is 4.82 Å². The molecule has 0 saturated carbocycles. The van der Waals surface area contributed by atoms with E-state index in [1.54, 1.807) is 0 Å². The van der Waals surface area contributed by atoms with Crippen molar-refractivity contribution in [2.75, 3.05) is 0 Å². The topological polar surface area (TPSA) is 57.5 Å². The van der Waals surface area contributed by atoms with Crippen molar-refractivity contribution in [1.29, 1.82) is 0 Å². The van der Waals surface area contributed by atoms with Gasteiger partial charge in [0.05, 0.1) is 0 Å². The standard InChI is InChI=1S/C28H48O3Se/c1-2-3-4-5-6-7-8-9-10-11-12-13-14-18-23-27(26(29)22-19-24-28(30)31)32-25-20-16-15-17-21-25/h15-17,20-21,26-27,29H,2-14,18-19,22-24H2,1H3,(H,30,31). The Balaban J connectivity index is 2.13. The van der Waals surface area contributed by atoms with Crippen LogP contribution >= 0.6 is 0 Å². The van der Waals surface area contributed by atoms with Gasteiger partial charge in [-0.25, -0.2) is 0 Å². The van der Waals surface area contributed by atoms with Gasteiger partial charge in [-0.15, -0.1) is 0 Å². The summed E-state index contributed by atoms with van der Waals surface area (Å²) in [7, 11) is 0. The van der Waals surface area contributed by atoms with Gasteiger partial charge in [-0.1, -0.05) is 32.6 Å². The van der Waals surface area contributed by atoms with Crippen LogP contribution in [0.1, 0.15) is 122 Å². The van der Waals surface area contributed by atoms with Gasteiger partial charge in [-0.05, 0) is 0 Å². The quantitative estimate of drug-likeness (QED) is 0.127. The van der Waals surface area contributed by atoms with Gasteiger partial charge in [0.1, 0.15) is 0 Å². The summed E-state index contributed by atoms with van der Waals surface area (Å²) >= 11 is 0.237. The summed E-state index contributed by atoms with van der Waals surface area (Å²) < 4.78 is 1.33. The molecule has 0 spiro atoms. The van der Waals surface area contributed by atoms with Gasteiger partial charge >= 0.3 is 172 Å². The number of carboxylic acids is 1. The Morgan fingerprint density at radius 3 is 1.75 bits per heavy atom. The van der Waals surface area contributed by atoms with Crippen molar-refractivity contribution in [2.24, 2.45) is 0 Å². The van der Waals surface area contributed by atoms with E-state index >= 15 is 0 Å². The molecule has 1 rings (SSSR count). The van der Waals surface area contributed by atoms with E-state index in [0.29, 0.717) is 12.8 Å². The molecule has 32 heavy (non-hydrogen) atoms. The molecule has 3 nitrogen and oxygen atoms in total. The number of carboxylic acid groups (broad SMARTS) is 1. The Morgan fingerprint density at radius 2 is 1.25 bits per heavy atom. The average molecular weight is 512 g/mol. The van der Waals surface area contributed by atoms with Gasteiger partial charge in [0.25, 0.3) is 0 Å². The third kappa shape index (κ3) is 16.8. The summed E-state index contributed by atoms with van der Waals surface area (Å²) in [6.45, 7) is 2.28. The van der Waals surface area contributed by atoms with Crippen LogP contribution in [0.25, 0.3) is 0 Å². The first-order chi connectivity index (χ1) is 15.6. The summed E-state index contributed by atoms with van der Waals surface area (Å²) in [5, 5.41) is 19.6. The Bertz CT molecular complexity index is 549. The van der Waals surface area contributed by atoms with Crippen molar-refractivity contribution in [3.8, 4) is 0 Å².